The number of hydrogen-bond acceptors (Lipinski definition) is 6. The third-order valence-electron chi connectivity index (χ3n) is 2.15. The highest BCUT2D eigenvalue weighted by molar-refractivity contribution is 8.01. The molecule has 0 radical (unpaired) electrons. The van der Waals surface area contributed by atoms with Crippen molar-refractivity contribution in [2.24, 2.45) is 0 Å². The van der Waals surface area contributed by atoms with E-state index in [1.807, 2.05) is 0 Å². The van der Waals surface area contributed by atoms with Gasteiger partial charge in [0.25, 0.3) is 0 Å². The molecule has 19 heavy (non-hydrogen) atoms. The van der Waals surface area contributed by atoms with Gasteiger partial charge in [-0.1, -0.05) is 29.2 Å². The van der Waals surface area contributed by atoms with Gasteiger partial charge in [0.15, 0.2) is 4.34 Å². The van der Waals surface area contributed by atoms with Crippen LogP contribution in [0.25, 0.3) is 0 Å². The molecule has 0 amide bonds. The van der Waals surface area contributed by atoms with Crippen molar-refractivity contribution < 1.29 is 14.3 Å². The van der Waals surface area contributed by atoms with E-state index in [9.17, 15) is 9.18 Å². The minimum Gasteiger partial charge on any atom is -0.481 e. The van der Waals surface area contributed by atoms with E-state index in [0.29, 0.717) is 20.7 Å². The number of carbonyl (C=O) groups is 1. The largest absolute Gasteiger partial charge is 0.481 e. The van der Waals surface area contributed by atoms with Crippen molar-refractivity contribution in [3.8, 4) is 0 Å². The molecule has 0 fully saturated rings. The second kappa shape index (κ2) is 5.98. The minimum atomic E-state index is -0.907. The molecule has 2 N–H and O–H groups in total. The van der Waals surface area contributed by atoms with Crippen molar-refractivity contribution in [2.45, 2.75) is 11.3 Å². The molecule has 0 atom stereocenters. The molecule has 5 nitrogen and oxygen atoms in total. The lowest BCUT2D eigenvalue weighted by atomic mass is 10.2. The highest BCUT2D eigenvalue weighted by Crippen LogP contribution is 2.27. The zero-order valence-electron chi connectivity index (χ0n) is 9.88. The van der Waals surface area contributed by atoms with Crippen molar-refractivity contribution >= 4 is 39.9 Å². The Morgan fingerprint density at radius 1 is 1.53 bits per heavy atom. The molecule has 0 saturated carbocycles. The number of carboxylic acids is 1. The van der Waals surface area contributed by atoms with Gasteiger partial charge in [0, 0.05) is 5.69 Å². The Morgan fingerprint density at radius 2 is 2.32 bits per heavy atom. The Hall–Kier alpha value is -1.67. The Morgan fingerprint density at radius 3 is 3.00 bits per heavy atom. The summed E-state index contributed by atoms with van der Waals surface area (Å²) in [6.07, 6.45) is 0. The lowest BCUT2D eigenvalue weighted by Gasteiger charge is -2.03. The topological polar surface area (TPSA) is 75.1 Å². The summed E-state index contributed by atoms with van der Waals surface area (Å²) in [5.41, 5.74) is 1.15. The molecule has 8 heteroatoms. The maximum Gasteiger partial charge on any atom is 0.313 e. The van der Waals surface area contributed by atoms with E-state index in [-0.39, 0.29) is 11.6 Å². The van der Waals surface area contributed by atoms with Gasteiger partial charge in [0.1, 0.15) is 5.82 Å². The molecule has 0 aliphatic heterocycles. The first kappa shape index (κ1) is 13.8. The van der Waals surface area contributed by atoms with Crippen LogP contribution in [-0.2, 0) is 4.79 Å². The molecule has 2 rings (SSSR count). The van der Waals surface area contributed by atoms with Crippen molar-refractivity contribution in [2.75, 3.05) is 11.1 Å². The van der Waals surface area contributed by atoms with Crippen molar-refractivity contribution in [3.05, 3.63) is 29.6 Å². The van der Waals surface area contributed by atoms with E-state index in [0.717, 1.165) is 11.8 Å². The number of carboxylic acid groups (broad SMARTS) is 1. The van der Waals surface area contributed by atoms with Gasteiger partial charge in [0.2, 0.25) is 5.13 Å². The average Bonchev–Trinajstić information content (AvgIpc) is 2.79. The standard InChI is InChI=1S/C11H10FN3O2S2/c1-6-2-3-7(4-8(6)12)13-10-14-15-11(19-10)18-5-9(16)17/h2-4H,5H2,1H3,(H,13,14)(H,16,17). The van der Waals surface area contributed by atoms with Gasteiger partial charge in [-0.25, -0.2) is 4.39 Å². The van der Waals surface area contributed by atoms with E-state index < -0.39 is 5.97 Å². The third kappa shape index (κ3) is 3.90. The number of aryl methyl sites for hydroxylation is 1. The molecule has 0 bridgehead atoms. The summed E-state index contributed by atoms with van der Waals surface area (Å²) in [6, 6.07) is 4.78. The first-order valence-electron chi connectivity index (χ1n) is 5.26. The first-order valence-corrected chi connectivity index (χ1v) is 7.06. The lowest BCUT2D eigenvalue weighted by Crippen LogP contribution is -1.96. The summed E-state index contributed by atoms with van der Waals surface area (Å²) in [6.45, 7) is 1.69. The molecule has 1 heterocycles. The summed E-state index contributed by atoms with van der Waals surface area (Å²) in [5.74, 6) is -1.27. The number of benzene rings is 1. The molecule has 2 aromatic rings. The van der Waals surface area contributed by atoms with Crippen LogP contribution in [0.2, 0.25) is 0 Å². The fourth-order valence-electron chi connectivity index (χ4n) is 1.24. The summed E-state index contributed by atoms with van der Waals surface area (Å²) < 4.78 is 13.9. The second-order valence-electron chi connectivity index (χ2n) is 3.64. The molecule has 0 spiro atoms. The molecule has 0 aliphatic carbocycles. The number of rotatable bonds is 5. The molecule has 0 unspecified atom stereocenters. The van der Waals surface area contributed by atoms with Crippen LogP contribution in [0.4, 0.5) is 15.2 Å². The van der Waals surface area contributed by atoms with E-state index in [1.165, 1.54) is 17.4 Å². The highest BCUT2D eigenvalue weighted by Gasteiger charge is 2.08. The highest BCUT2D eigenvalue weighted by atomic mass is 32.2. The summed E-state index contributed by atoms with van der Waals surface area (Å²) in [4.78, 5) is 10.4. The number of hydrogen-bond donors (Lipinski definition) is 2. The summed E-state index contributed by atoms with van der Waals surface area (Å²) in [5, 5.41) is 19.7. The maximum absolute atomic E-state index is 13.4. The Balaban J connectivity index is 2.02. The fraction of sp³-hybridized carbons (Fsp3) is 0.182. The zero-order chi connectivity index (χ0) is 13.8. The smallest absolute Gasteiger partial charge is 0.313 e. The molecule has 0 saturated heterocycles. The van der Waals surface area contributed by atoms with E-state index in [1.54, 1.807) is 19.1 Å². The zero-order valence-corrected chi connectivity index (χ0v) is 11.5. The Labute approximate surface area is 116 Å². The number of nitrogens with one attached hydrogen (secondary N) is 1. The number of aliphatic carboxylic acids is 1. The number of aromatic nitrogens is 2. The Kier molecular flexibility index (Phi) is 4.33. The molecule has 1 aromatic carbocycles. The van der Waals surface area contributed by atoms with E-state index in [4.69, 9.17) is 5.11 Å². The molecule has 100 valence electrons. The molecular formula is C11H10FN3O2S2. The van der Waals surface area contributed by atoms with Crippen LogP contribution in [0, 0.1) is 12.7 Å². The van der Waals surface area contributed by atoms with Crippen molar-refractivity contribution in [1.82, 2.24) is 10.2 Å². The summed E-state index contributed by atoms with van der Waals surface area (Å²) >= 11 is 2.32. The number of nitrogens with zero attached hydrogens (tertiary/aromatic N) is 2. The first-order chi connectivity index (χ1) is 9.04. The third-order valence-corrected chi connectivity index (χ3v) is 4.11. The predicted molar refractivity (Wildman–Crippen MR) is 72.7 cm³/mol. The summed E-state index contributed by atoms with van der Waals surface area (Å²) in [7, 11) is 0. The van der Waals surface area contributed by atoms with Crippen LogP contribution >= 0.6 is 23.1 Å². The van der Waals surface area contributed by atoms with E-state index >= 15 is 0 Å². The van der Waals surface area contributed by atoms with Crippen LogP contribution in [0.15, 0.2) is 22.5 Å². The monoisotopic (exact) mass is 299 g/mol. The van der Waals surface area contributed by atoms with Crippen LogP contribution in [0.3, 0.4) is 0 Å². The second-order valence-corrected chi connectivity index (χ2v) is 5.84. The van der Waals surface area contributed by atoms with Gasteiger partial charge in [-0.3, -0.25) is 4.79 Å². The van der Waals surface area contributed by atoms with Gasteiger partial charge in [-0.15, -0.1) is 10.2 Å². The van der Waals surface area contributed by atoms with Gasteiger partial charge >= 0.3 is 5.97 Å². The average molecular weight is 299 g/mol. The van der Waals surface area contributed by atoms with Crippen molar-refractivity contribution in [3.63, 3.8) is 0 Å². The number of anilines is 2. The van der Waals surface area contributed by atoms with E-state index in [2.05, 4.69) is 15.5 Å². The quantitative estimate of drug-likeness (QED) is 0.827. The number of halogens is 1. The lowest BCUT2D eigenvalue weighted by molar-refractivity contribution is -0.133. The molecule has 1 aromatic heterocycles. The minimum absolute atomic E-state index is 0.0617. The predicted octanol–water partition coefficient (Wildman–Crippen LogP) is 2.91. The van der Waals surface area contributed by atoms with Gasteiger partial charge < -0.3 is 10.4 Å². The Bertz CT molecular complexity index is 603. The van der Waals surface area contributed by atoms with Crippen LogP contribution in [-0.4, -0.2) is 27.0 Å². The normalized spacial score (nSPS) is 10.4. The number of thioether (sulfide) groups is 1. The maximum atomic E-state index is 13.4. The van der Waals surface area contributed by atoms with Crippen LogP contribution in [0.5, 0.6) is 0 Å². The molecular weight excluding hydrogens is 289 g/mol. The fourth-order valence-corrected chi connectivity index (χ4v) is 2.73. The van der Waals surface area contributed by atoms with Gasteiger partial charge in [-0.2, -0.15) is 0 Å². The van der Waals surface area contributed by atoms with Crippen LogP contribution < -0.4 is 5.32 Å². The SMILES string of the molecule is Cc1ccc(Nc2nnc(SCC(=O)O)s2)cc1F. The van der Waals surface area contributed by atoms with Gasteiger partial charge in [-0.05, 0) is 24.6 Å². The van der Waals surface area contributed by atoms with Gasteiger partial charge in [0.05, 0.1) is 5.75 Å². The molecule has 0 aliphatic rings. The van der Waals surface area contributed by atoms with Crippen molar-refractivity contribution in [1.29, 1.82) is 0 Å². The van der Waals surface area contributed by atoms with Crippen LogP contribution in [0.1, 0.15) is 5.56 Å².